The van der Waals surface area contributed by atoms with Crippen molar-refractivity contribution in [2.24, 2.45) is 0 Å². The molecule has 0 radical (unpaired) electrons. The number of rotatable bonds is 3. The summed E-state index contributed by atoms with van der Waals surface area (Å²) in [6, 6.07) is 0.795. The Kier molecular flexibility index (Phi) is 4.76. The predicted molar refractivity (Wildman–Crippen MR) is 75.2 cm³/mol. The molecule has 0 spiro atoms. The highest BCUT2D eigenvalue weighted by molar-refractivity contribution is 6.30. The van der Waals surface area contributed by atoms with Crippen LogP contribution in [0, 0.1) is 10.1 Å². The summed E-state index contributed by atoms with van der Waals surface area (Å²) in [6.07, 6.45) is -2.97. The van der Waals surface area contributed by atoms with Crippen molar-refractivity contribution in [3.63, 3.8) is 0 Å². The minimum absolute atomic E-state index is 0.132. The SMILES string of the molecule is CC1CN(c2ncc(Cl)cc2[N+](=O)[O-])CCN1CC(F)(F)F. The van der Waals surface area contributed by atoms with Gasteiger partial charge in [-0.2, -0.15) is 13.2 Å². The molecule has 1 aromatic heterocycles. The Labute approximate surface area is 129 Å². The molecular formula is C12H14ClF3N4O2. The van der Waals surface area contributed by atoms with E-state index < -0.39 is 23.7 Å². The molecule has 0 saturated carbocycles. The molecule has 0 aromatic carbocycles. The molecule has 1 aliphatic heterocycles. The number of nitro groups is 1. The average Bonchev–Trinajstić information content (AvgIpc) is 2.39. The second kappa shape index (κ2) is 6.25. The van der Waals surface area contributed by atoms with Crippen LogP contribution in [0.4, 0.5) is 24.7 Å². The summed E-state index contributed by atoms with van der Waals surface area (Å²) in [5.41, 5.74) is -0.246. The fourth-order valence-electron chi connectivity index (χ4n) is 2.45. The monoisotopic (exact) mass is 338 g/mol. The molecule has 22 heavy (non-hydrogen) atoms. The molecule has 2 rings (SSSR count). The zero-order valence-corrected chi connectivity index (χ0v) is 12.4. The van der Waals surface area contributed by atoms with Crippen LogP contribution in [0.5, 0.6) is 0 Å². The van der Waals surface area contributed by atoms with Gasteiger partial charge in [-0.15, -0.1) is 0 Å². The van der Waals surface area contributed by atoms with Gasteiger partial charge in [-0.3, -0.25) is 15.0 Å². The number of anilines is 1. The largest absolute Gasteiger partial charge is 0.401 e. The standard InChI is InChI=1S/C12H14ClF3N4O2/c1-8-6-18(2-3-19(8)7-12(14,15)16)11-10(20(21)22)4-9(13)5-17-11/h4-5,8H,2-3,6-7H2,1H3. The number of nitrogens with zero attached hydrogens (tertiary/aromatic N) is 4. The summed E-state index contributed by atoms with van der Waals surface area (Å²) in [5, 5.41) is 11.2. The summed E-state index contributed by atoms with van der Waals surface area (Å²) in [7, 11) is 0. The van der Waals surface area contributed by atoms with Crippen LogP contribution in [0.2, 0.25) is 5.02 Å². The first kappa shape index (κ1) is 16.8. The van der Waals surface area contributed by atoms with Crippen LogP contribution in [0.15, 0.2) is 12.3 Å². The Bertz CT molecular complexity index is 570. The Morgan fingerprint density at radius 1 is 1.50 bits per heavy atom. The quantitative estimate of drug-likeness (QED) is 0.626. The summed E-state index contributed by atoms with van der Waals surface area (Å²) < 4.78 is 37.4. The van der Waals surface area contributed by atoms with E-state index in [0.29, 0.717) is 0 Å². The fourth-order valence-corrected chi connectivity index (χ4v) is 2.60. The number of piperazine rings is 1. The van der Waals surface area contributed by atoms with Gasteiger partial charge in [0.2, 0.25) is 5.82 Å². The average molecular weight is 339 g/mol. The van der Waals surface area contributed by atoms with Crippen LogP contribution in [-0.2, 0) is 0 Å². The Morgan fingerprint density at radius 3 is 2.73 bits per heavy atom. The molecule has 2 heterocycles. The first-order valence-electron chi connectivity index (χ1n) is 6.53. The van der Waals surface area contributed by atoms with Crippen LogP contribution in [0.1, 0.15) is 6.92 Å². The normalized spacial score (nSPS) is 20.2. The van der Waals surface area contributed by atoms with Crippen molar-refractivity contribution < 1.29 is 18.1 Å². The molecule has 0 N–H and O–H groups in total. The lowest BCUT2D eigenvalue weighted by Gasteiger charge is -2.40. The molecule has 1 aliphatic rings. The van der Waals surface area contributed by atoms with E-state index in [1.165, 1.54) is 17.2 Å². The molecule has 10 heteroatoms. The molecule has 0 bridgehead atoms. The van der Waals surface area contributed by atoms with Gasteiger partial charge < -0.3 is 4.90 Å². The molecule has 1 saturated heterocycles. The van der Waals surface area contributed by atoms with Crippen molar-refractivity contribution in [3.05, 3.63) is 27.4 Å². The highest BCUT2D eigenvalue weighted by atomic mass is 35.5. The van der Waals surface area contributed by atoms with Crippen molar-refractivity contribution in [1.82, 2.24) is 9.88 Å². The van der Waals surface area contributed by atoms with Gasteiger partial charge in [0.1, 0.15) is 0 Å². The zero-order valence-electron chi connectivity index (χ0n) is 11.7. The second-order valence-corrected chi connectivity index (χ2v) is 5.57. The van der Waals surface area contributed by atoms with Crippen LogP contribution in [0.25, 0.3) is 0 Å². The maximum Gasteiger partial charge on any atom is 0.401 e. The third kappa shape index (κ3) is 3.98. The van der Waals surface area contributed by atoms with Crippen molar-refractivity contribution in [3.8, 4) is 0 Å². The van der Waals surface area contributed by atoms with Gasteiger partial charge in [0.25, 0.3) is 0 Å². The molecular weight excluding hydrogens is 325 g/mol. The van der Waals surface area contributed by atoms with E-state index in [1.807, 2.05) is 0 Å². The lowest BCUT2D eigenvalue weighted by atomic mass is 10.2. The van der Waals surface area contributed by atoms with Crippen molar-refractivity contribution in [2.45, 2.75) is 19.1 Å². The molecule has 1 unspecified atom stereocenters. The number of alkyl halides is 3. The van der Waals surface area contributed by atoms with Crippen LogP contribution in [0.3, 0.4) is 0 Å². The highest BCUT2D eigenvalue weighted by Crippen LogP contribution is 2.30. The third-order valence-electron chi connectivity index (χ3n) is 3.46. The van der Waals surface area contributed by atoms with Crippen LogP contribution < -0.4 is 4.90 Å². The first-order chi connectivity index (χ1) is 10.2. The molecule has 122 valence electrons. The zero-order chi connectivity index (χ0) is 16.5. The van der Waals surface area contributed by atoms with E-state index in [2.05, 4.69) is 4.98 Å². The van der Waals surface area contributed by atoms with E-state index in [9.17, 15) is 23.3 Å². The molecule has 1 atom stereocenters. The van der Waals surface area contributed by atoms with Crippen molar-refractivity contribution in [1.29, 1.82) is 0 Å². The van der Waals surface area contributed by atoms with Gasteiger partial charge in [0.15, 0.2) is 0 Å². The molecule has 0 aliphatic carbocycles. The number of pyridine rings is 1. The third-order valence-corrected chi connectivity index (χ3v) is 3.66. The van der Waals surface area contributed by atoms with Gasteiger partial charge in [-0.1, -0.05) is 11.6 Å². The summed E-state index contributed by atoms with van der Waals surface area (Å²) in [5.74, 6) is 0.132. The van der Waals surface area contributed by atoms with Gasteiger partial charge in [-0.25, -0.2) is 4.98 Å². The highest BCUT2D eigenvalue weighted by Gasteiger charge is 2.36. The smallest absolute Gasteiger partial charge is 0.348 e. The molecule has 6 nitrogen and oxygen atoms in total. The van der Waals surface area contributed by atoms with E-state index in [1.54, 1.807) is 11.8 Å². The Balaban J connectivity index is 2.15. The summed E-state index contributed by atoms with van der Waals surface area (Å²) in [6.45, 7) is 1.28. The topological polar surface area (TPSA) is 62.5 Å². The molecule has 1 aromatic rings. The Hall–Kier alpha value is -1.61. The Morgan fingerprint density at radius 2 is 2.18 bits per heavy atom. The number of hydrogen-bond donors (Lipinski definition) is 0. The van der Waals surface area contributed by atoms with Crippen LogP contribution in [-0.4, -0.2) is 53.2 Å². The maximum absolute atomic E-state index is 12.5. The van der Waals surface area contributed by atoms with E-state index in [4.69, 9.17) is 11.6 Å². The first-order valence-corrected chi connectivity index (χ1v) is 6.91. The lowest BCUT2D eigenvalue weighted by Crippen LogP contribution is -2.54. The number of halogens is 4. The van der Waals surface area contributed by atoms with Gasteiger partial charge in [0.05, 0.1) is 16.5 Å². The molecule has 0 amide bonds. The maximum atomic E-state index is 12.5. The molecule has 1 fully saturated rings. The number of aromatic nitrogens is 1. The van der Waals surface area contributed by atoms with Crippen LogP contribution >= 0.6 is 11.6 Å². The van der Waals surface area contributed by atoms with Gasteiger partial charge in [0, 0.05) is 37.9 Å². The summed E-state index contributed by atoms with van der Waals surface area (Å²) >= 11 is 5.71. The minimum atomic E-state index is -4.26. The van der Waals surface area contributed by atoms with E-state index in [-0.39, 0.29) is 36.2 Å². The number of hydrogen-bond acceptors (Lipinski definition) is 5. The summed E-state index contributed by atoms with van der Waals surface area (Å²) in [4.78, 5) is 17.4. The second-order valence-electron chi connectivity index (χ2n) is 5.13. The van der Waals surface area contributed by atoms with E-state index in [0.717, 1.165) is 0 Å². The van der Waals surface area contributed by atoms with Gasteiger partial charge >= 0.3 is 11.9 Å². The minimum Gasteiger partial charge on any atom is -0.348 e. The van der Waals surface area contributed by atoms with E-state index >= 15 is 0 Å². The lowest BCUT2D eigenvalue weighted by molar-refractivity contribution is -0.384. The van der Waals surface area contributed by atoms with Crippen molar-refractivity contribution >= 4 is 23.1 Å². The fraction of sp³-hybridized carbons (Fsp3) is 0.583. The predicted octanol–water partition coefficient (Wildman–Crippen LogP) is 2.72. The van der Waals surface area contributed by atoms with Crippen molar-refractivity contribution in [2.75, 3.05) is 31.1 Å². The van der Waals surface area contributed by atoms with Gasteiger partial charge in [-0.05, 0) is 6.92 Å².